The molecule has 0 bridgehead atoms. The summed E-state index contributed by atoms with van der Waals surface area (Å²) in [5.41, 5.74) is -0.944. The summed E-state index contributed by atoms with van der Waals surface area (Å²) in [5, 5.41) is 12.8. The lowest BCUT2D eigenvalue weighted by molar-refractivity contribution is -0.133. The average Bonchev–Trinajstić information content (AvgIpc) is 3.18. The lowest BCUT2D eigenvalue weighted by atomic mass is 9.72. The Hall–Kier alpha value is -1.85. The van der Waals surface area contributed by atoms with Crippen LogP contribution in [0, 0.1) is 16.7 Å². The van der Waals surface area contributed by atoms with Crippen molar-refractivity contribution >= 4 is 12.0 Å². The van der Waals surface area contributed by atoms with Crippen LogP contribution in [0.5, 0.6) is 0 Å². The van der Waals surface area contributed by atoms with Crippen LogP contribution in [0.4, 0.5) is 4.79 Å². The van der Waals surface area contributed by atoms with E-state index in [1.165, 1.54) is 6.42 Å². The van der Waals surface area contributed by atoms with Crippen LogP contribution in [0.3, 0.4) is 0 Å². The molecular formula is C22H36N4O4. The number of hydrogen-bond donors (Lipinski definition) is 1. The van der Waals surface area contributed by atoms with Gasteiger partial charge in [-0.1, -0.05) is 33.1 Å². The molecule has 1 unspecified atom stereocenters. The largest absolute Gasteiger partial charge is 0.436 e. The number of amides is 2. The third-order valence-corrected chi connectivity index (χ3v) is 6.92. The van der Waals surface area contributed by atoms with Gasteiger partial charge in [-0.3, -0.25) is 4.79 Å². The molecule has 3 rings (SSSR count). The van der Waals surface area contributed by atoms with E-state index in [0.717, 1.165) is 38.8 Å². The first-order valence-corrected chi connectivity index (χ1v) is 11.4. The smallest absolute Gasteiger partial charge is 0.410 e. The lowest BCUT2D eigenvalue weighted by Gasteiger charge is -2.37. The number of nitrogens with zero attached hydrogens (tertiary/aromatic N) is 3. The van der Waals surface area contributed by atoms with Crippen molar-refractivity contribution in [3.8, 4) is 6.07 Å². The molecule has 8 nitrogen and oxygen atoms in total. The van der Waals surface area contributed by atoms with Gasteiger partial charge in [0, 0.05) is 26.2 Å². The van der Waals surface area contributed by atoms with Gasteiger partial charge in [-0.05, 0) is 37.6 Å². The van der Waals surface area contributed by atoms with Crippen molar-refractivity contribution in [3.05, 3.63) is 0 Å². The summed E-state index contributed by atoms with van der Waals surface area (Å²) >= 11 is 0. The number of ether oxygens (including phenoxy) is 2. The van der Waals surface area contributed by atoms with Gasteiger partial charge in [-0.25, -0.2) is 4.79 Å². The van der Waals surface area contributed by atoms with Crippen molar-refractivity contribution in [2.75, 3.05) is 45.9 Å². The summed E-state index contributed by atoms with van der Waals surface area (Å²) in [7, 11) is 0. The number of carbonyl (C=O) groups is 2. The number of hydrogen-bond acceptors (Lipinski definition) is 6. The number of nitriles is 1. The molecule has 0 spiro atoms. The van der Waals surface area contributed by atoms with E-state index in [1.807, 2.05) is 6.92 Å². The highest BCUT2D eigenvalue weighted by atomic mass is 16.6. The number of likely N-dealkylation sites (tertiary alicyclic amines) is 1. The fourth-order valence-electron chi connectivity index (χ4n) is 4.88. The number of nitrogens with one attached hydrogen (secondary N) is 1. The summed E-state index contributed by atoms with van der Waals surface area (Å²) in [5.74, 6) is -0.345. The molecule has 8 heteroatoms. The normalized spacial score (nSPS) is 27.8. The SMILES string of the molecule is CCN1CCC(C#N)(NC(=O)[C@H](CC2(C)CCCCC2)OC(=O)N2CCOCC2)C1. The average molecular weight is 421 g/mol. The molecule has 1 aliphatic carbocycles. The zero-order valence-electron chi connectivity index (χ0n) is 18.5. The highest BCUT2D eigenvalue weighted by Crippen LogP contribution is 2.40. The van der Waals surface area contributed by atoms with E-state index < -0.39 is 17.7 Å². The number of rotatable bonds is 6. The minimum Gasteiger partial charge on any atom is -0.436 e. The Morgan fingerprint density at radius 2 is 1.87 bits per heavy atom. The van der Waals surface area contributed by atoms with Crippen LogP contribution in [-0.2, 0) is 14.3 Å². The summed E-state index contributed by atoms with van der Waals surface area (Å²) in [6, 6.07) is 2.32. The minimum atomic E-state index is -0.913. The monoisotopic (exact) mass is 420 g/mol. The second-order valence-corrected chi connectivity index (χ2v) is 9.35. The molecule has 0 radical (unpaired) electrons. The summed E-state index contributed by atoms with van der Waals surface area (Å²) in [6.45, 7) is 8.26. The number of carbonyl (C=O) groups excluding carboxylic acids is 2. The zero-order chi connectivity index (χ0) is 21.6. The van der Waals surface area contributed by atoms with Crippen molar-refractivity contribution in [1.82, 2.24) is 15.1 Å². The maximum Gasteiger partial charge on any atom is 0.410 e. The second kappa shape index (κ2) is 9.97. The van der Waals surface area contributed by atoms with Crippen molar-refractivity contribution in [2.45, 2.75) is 70.4 Å². The fourth-order valence-corrected chi connectivity index (χ4v) is 4.88. The molecule has 0 aromatic rings. The maximum atomic E-state index is 13.3. The van der Waals surface area contributed by atoms with Gasteiger partial charge in [0.05, 0.1) is 19.3 Å². The van der Waals surface area contributed by atoms with Gasteiger partial charge in [-0.2, -0.15) is 5.26 Å². The van der Waals surface area contributed by atoms with Crippen LogP contribution in [-0.4, -0.2) is 79.4 Å². The minimum absolute atomic E-state index is 0.0313. The molecule has 3 fully saturated rings. The molecule has 1 N–H and O–H groups in total. The van der Waals surface area contributed by atoms with Crippen LogP contribution in [0.2, 0.25) is 0 Å². The Morgan fingerprint density at radius 1 is 1.17 bits per heavy atom. The van der Waals surface area contributed by atoms with Gasteiger partial charge in [-0.15, -0.1) is 0 Å². The molecule has 2 heterocycles. The third kappa shape index (κ3) is 5.64. The van der Waals surface area contributed by atoms with E-state index in [4.69, 9.17) is 9.47 Å². The Balaban J connectivity index is 1.71. The van der Waals surface area contributed by atoms with Gasteiger partial charge < -0.3 is 24.6 Å². The van der Waals surface area contributed by atoms with E-state index in [-0.39, 0.29) is 11.3 Å². The highest BCUT2D eigenvalue weighted by Gasteiger charge is 2.43. The van der Waals surface area contributed by atoms with Gasteiger partial charge in [0.15, 0.2) is 6.10 Å². The Labute approximate surface area is 179 Å². The zero-order valence-corrected chi connectivity index (χ0v) is 18.5. The Morgan fingerprint density at radius 3 is 2.47 bits per heavy atom. The lowest BCUT2D eigenvalue weighted by Crippen LogP contribution is -2.54. The Bertz CT molecular complexity index is 652. The topological polar surface area (TPSA) is 94.9 Å². The molecular weight excluding hydrogens is 384 g/mol. The van der Waals surface area contributed by atoms with Crippen LogP contribution >= 0.6 is 0 Å². The summed E-state index contributed by atoms with van der Waals surface area (Å²) in [4.78, 5) is 29.8. The fraction of sp³-hybridized carbons (Fsp3) is 0.864. The van der Waals surface area contributed by atoms with Crippen LogP contribution in [0.25, 0.3) is 0 Å². The second-order valence-electron chi connectivity index (χ2n) is 9.35. The first-order valence-electron chi connectivity index (χ1n) is 11.4. The molecule has 0 aromatic heterocycles. The molecule has 2 saturated heterocycles. The van der Waals surface area contributed by atoms with Crippen molar-refractivity contribution in [2.24, 2.45) is 5.41 Å². The van der Waals surface area contributed by atoms with Gasteiger partial charge >= 0.3 is 6.09 Å². The van der Waals surface area contributed by atoms with Crippen molar-refractivity contribution in [3.63, 3.8) is 0 Å². The number of morpholine rings is 1. The Kier molecular flexibility index (Phi) is 7.59. The first-order chi connectivity index (χ1) is 14.4. The van der Waals surface area contributed by atoms with E-state index in [0.29, 0.717) is 45.7 Å². The molecule has 30 heavy (non-hydrogen) atoms. The standard InChI is InChI=1S/C22H36N4O4/c1-3-25-10-9-22(16-23,17-25)24-19(27)18(15-21(2)7-5-4-6-8-21)30-20(28)26-11-13-29-14-12-26/h18H,3-15,17H2,1-2H3,(H,24,27)/t18-,22?/m0/s1. The number of likely N-dealkylation sites (N-methyl/N-ethyl adjacent to an activating group) is 1. The summed E-state index contributed by atoms with van der Waals surface area (Å²) in [6.07, 6.45) is 5.27. The van der Waals surface area contributed by atoms with Crippen LogP contribution in [0.15, 0.2) is 0 Å². The molecule has 1 saturated carbocycles. The summed E-state index contributed by atoms with van der Waals surface area (Å²) < 4.78 is 11.1. The highest BCUT2D eigenvalue weighted by molar-refractivity contribution is 5.84. The predicted molar refractivity (Wildman–Crippen MR) is 112 cm³/mol. The van der Waals surface area contributed by atoms with Crippen LogP contribution < -0.4 is 5.32 Å². The third-order valence-electron chi connectivity index (χ3n) is 6.92. The molecule has 168 valence electrons. The van der Waals surface area contributed by atoms with E-state index in [2.05, 4.69) is 23.2 Å². The predicted octanol–water partition coefficient (Wildman–Crippen LogP) is 2.29. The molecule has 2 aliphatic heterocycles. The first kappa shape index (κ1) is 22.8. The molecule has 2 atom stereocenters. The van der Waals surface area contributed by atoms with Gasteiger partial charge in [0.25, 0.3) is 5.91 Å². The van der Waals surface area contributed by atoms with Gasteiger partial charge in [0.2, 0.25) is 0 Å². The quantitative estimate of drug-likeness (QED) is 0.708. The molecule has 2 amide bonds. The van der Waals surface area contributed by atoms with Gasteiger partial charge in [0.1, 0.15) is 5.54 Å². The van der Waals surface area contributed by atoms with E-state index in [1.54, 1.807) is 4.90 Å². The van der Waals surface area contributed by atoms with Crippen molar-refractivity contribution < 1.29 is 19.1 Å². The maximum absolute atomic E-state index is 13.3. The van der Waals surface area contributed by atoms with Crippen molar-refractivity contribution in [1.29, 1.82) is 5.26 Å². The molecule has 3 aliphatic rings. The van der Waals surface area contributed by atoms with E-state index >= 15 is 0 Å². The molecule has 0 aromatic carbocycles. The van der Waals surface area contributed by atoms with E-state index in [9.17, 15) is 14.9 Å². The van der Waals surface area contributed by atoms with Crippen LogP contribution in [0.1, 0.15) is 58.8 Å².